The van der Waals surface area contributed by atoms with Crippen molar-refractivity contribution >= 4 is 11.8 Å². The maximum atomic E-state index is 12.8. The van der Waals surface area contributed by atoms with Crippen LogP contribution in [0.25, 0.3) is 11.3 Å². The Bertz CT molecular complexity index is 974. The van der Waals surface area contributed by atoms with Gasteiger partial charge < -0.3 is 9.52 Å². The molecular weight excluding hydrogens is 368 g/mol. The summed E-state index contributed by atoms with van der Waals surface area (Å²) in [5.74, 6) is 1.25. The molecule has 0 aliphatic heterocycles. The predicted octanol–water partition coefficient (Wildman–Crippen LogP) is 6.35. The first-order valence-corrected chi connectivity index (χ1v) is 10.8. The van der Waals surface area contributed by atoms with E-state index in [-0.39, 0.29) is 11.7 Å². The van der Waals surface area contributed by atoms with Gasteiger partial charge in [-0.3, -0.25) is 0 Å². The van der Waals surface area contributed by atoms with E-state index in [0.717, 1.165) is 36.1 Å². The third kappa shape index (κ3) is 4.02. The van der Waals surface area contributed by atoms with Gasteiger partial charge in [-0.25, -0.2) is 4.79 Å². The van der Waals surface area contributed by atoms with Crippen LogP contribution in [0.1, 0.15) is 49.1 Å². The summed E-state index contributed by atoms with van der Waals surface area (Å²) in [5, 5.41) is 11.2. The molecule has 1 fully saturated rings. The van der Waals surface area contributed by atoms with Crippen LogP contribution >= 0.6 is 11.8 Å². The minimum atomic E-state index is -0.392. The zero-order valence-electron chi connectivity index (χ0n) is 15.8. The molecule has 0 amide bonds. The van der Waals surface area contributed by atoms with Gasteiger partial charge in [0, 0.05) is 21.8 Å². The van der Waals surface area contributed by atoms with E-state index in [0.29, 0.717) is 22.6 Å². The number of aromatic hydroxyl groups is 1. The summed E-state index contributed by atoms with van der Waals surface area (Å²) in [6.07, 6.45) is 5.26. The molecule has 0 bridgehead atoms. The molecule has 4 heteroatoms. The molecule has 1 aromatic heterocycles. The summed E-state index contributed by atoms with van der Waals surface area (Å²) < 4.78 is 5.82. The lowest BCUT2D eigenvalue weighted by Gasteiger charge is -2.23. The maximum absolute atomic E-state index is 12.8. The first-order valence-electron chi connectivity index (χ1n) is 9.86. The number of hydrogen-bond donors (Lipinski definition) is 1. The largest absolute Gasteiger partial charge is 0.507 e. The summed E-state index contributed by atoms with van der Waals surface area (Å²) in [6, 6.07) is 19.7. The third-order valence-corrected chi connectivity index (χ3v) is 6.44. The molecule has 1 aliphatic rings. The molecule has 0 atom stereocenters. The highest BCUT2D eigenvalue weighted by Crippen LogP contribution is 2.41. The van der Waals surface area contributed by atoms with Crippen molar-refractivity contribution in [2.24, 2.45) is 0 Å². The lowest BCUT2D eigenvalue weighted by atomic mass is 9.83. The van der Waals surface area contributed by atoms with Crippen molar-refractivity contribution < 1.29 is 9.52 Å². The molecule has 0 unspecified atom stereocenters. The lowest BCUT2D eigenvalue weighted by Crippen LogP contribution is -2.17. The molecule has 1 saturated carbocycles. The fraction of sp³-hybridized carbons (Fsp3) is 0.292. The molecule has 0 spiro atoms. The Hall–Kier alpha value is -2.46. The second-order valence-electron chi connectivity index (χ2n) is 7.26. The molecule has 28 heavy (non-hydrogen) atoms. The average molecular weight is 393 g/mol. The summed E-state index contributed by atoms with van der Waals surface area (Å²) in [4.78, 5) is 13.9. The Labute approximate surface area is 169 Å². The molecule has 0 radical (unpaired) electrons. The van der Waals surface area contributed by atoms with Crippen LogP contribution in [0.3, 0.4) is 0 Å². The Morgan fingerprint density at radius 2 is 1.57 bits per heavy atom. The fourth-order valence-corrected chi connectivity index (χ4v) is 4.88. The first kappa shape index (κ1) is 18.9. The summed E-state index contributed by atoms with van der Waals surface area (Å²) in [5.41, 5.74) is 1.61. The van der Waals surface area contributed by atoms with Gasteiger partial charge in [0.1, 0.15) is 11.5 Å². The van der Waals surface area contributed by atoms with E-state index in [1.807, 2.05) is 60.7 Å². The van der Waals surface area contributed by atoms with E-state index >= 15 is 0 Å². The molecule has 3 nitrogen and oxygen atoms in total. The molecule has 4 rings (SSSR count). The van der Waals surface area contributed by atoms with E-state index in [1.165, 1.54) is 6.42 Å². The van der Waals surface area contributed by atoms with E-state index in [1.54, 1.807) is 11.8 Å². The third-order valence-electron chi connectivity index (χ3n) is 5.41. The topological polar surface area (TPSA) is 50.4 Å². The smallest absolute Gasteiger partial charge is 0.343 e. The molecule has 144 valence electrons. The van der Waals surface area contributed by atoms with Crippen LogP contribution in [0, 0.1) is 0 Å². The second-order valence-corrected chi connectivity index (χ2v) is 8.31. The highest BCUT2D eigenvalue weighted by molar-refractivity contribution is 7.98. The van der Waals surface area contributed by atoms with Crippen molar-refractivity contribution in [2.45, 2.75) is 48.7 Å². The van der Waals surface area contributed by atoms with Gasteiger partial charge in [-0.1, -0.05) is 67.8 Å². The predicted molar refractivity (Wildman–Crippen MR) is 114 cm³/mol. The van der Waals surface area contributed by atoms with Crippen molar-refractivity contribution in [3.8, 4) is 17.1 Å². The van der Waals surface area contributed by atoms with Crippen LogP contribution in [-0.2, 0) is 5.75 Å². The van der Waals surface area contributed by atoms with E-state index in [9.17, 15) is 9.90 Å². The number of rotatable bonds is 5. The summed E-state index contributed by atoms with van der Waals surface area (Å²) in [7, 11) is 0. The zero-order chi connectivity index (χ0) is 19.3. The van der Waals surface area contributed by atoms with Gasteiger partial charge in [-0.15, -0.1) is 11.8 Å². The van der Waals surface area contributed by atoms with Crippen LogP contribution in [0.4, 0.5) is 0 Å². The molecule has 2 aromatic carbocycles. The van der Waals surface area contributed by atoms with Gasteiger partial charge in [0.05, 0.1) is 5.56 Å². The molecule has 0 saturated heterocycles. The molecule has 3 aromatic rings. The normalized spacial score (nSPS) is 14.9. The van der Waals surface area contributed by atoms with E-state index in [4.69, 9.17) is 4.42 Å². The molecular formula is C24H24O3S. The summed E-state index contributed by atoms with van der Waals surface area (Å²) >= 11 is 1.64. The van der Waals surface area contributed by atoms with Gasteiger partial charge in [0.2, 0.25) is 0 Å². The number of thioether (sulfide) groups is 1. The Kier molecular flexibility index (Phi) is 5.87. The monoisotopic (exact) mass is 392 g/mol. The fourth-order valence-electron chi connectivity index (χ4n) is 3.96. The van der Waals surface area contributed by atoms with Crippen molar-refractivity contribution in [1.82, 2.24) is 0 Å². The Morgan fingerprint density at radius 3 is 2.25 bits per heavy atom. The lowest BCUT2D eigenvalue weighted by molar-refractivity contribution is 0.386. The van der Waals surface area contributed by atoms with E-state index < -0.39 is 5.63 Å². The van der Waals surface area contributed by atoms with Crippen molar-refractivity contribution in [3.05, 3.63) is 82.2 Å². The van der Waals surface area contributed by atoms with Gasteiger partial charge in [-0.2, -0.15) is 0 Å². The quantitative estimate of drug-likeness (QED) is 0.514. The van der Waals surface area contributed by atoms with Crippen LogP contribution < -0.4 is 5.63 Å². The molecule has 1 N–H and O–H groups in total. The Balaban J connectivity index is 1.78. The average Bonchev–Trinajstić information content (AvgIpc) is 2.75. The Morgan fingerprint density at radius 1 is 0.929 bits per heavy atom. The number of hydrogen-bond acceptors (Lipinski definition) is 4. The van der Waals surface area contributed by atoms with Gasteiger partial charge >= 0.3 is 5.63 Å². The minimum absolute atomic E-state index is 0.0929. The summed E-state index contributed by atoms with van der Waals surface area (Å²) in [6.45, 7) is 0. The highest BCUT2D eigenvalue weighted by atomic mass is 32.2. The van der Waals surface area contributed by atoms with Crippen LogP contribution in [0.2, 0.25) is 0 Å². The number of benzene rings is 2. The van der Waals surface area contributed by atoms with Crippen LogP contribution in [0.15, 0.2) is 74.8 Å². The minimum Gasteiger partial charge on any atom is -0.507 e. The standard InChI is InChI=1S/C24H24O3S/c25-22-20(16-28-19-14-8-3-9-15-19)23(18-12-6-2-7-13-18)27-24(26)21(22)17-10-4-1-5-11-17/h2-3,6-9,12-15,17,25H,1,4-5,10-11,16H2. The van der Waals surface area contributed by atoms with Gasteiger partial charge in [0.25, 0.3) is 0 Å². The van der Waals surface area contributed by atoms with Crippen LogP contribution in [0.5, 0.6) is 5.75 Å². The zero-order valence-corrected chi connectivity index (χ0v) is 16.6. The van der Waals surface area contributed by atoms with Gasteiger partial charge in [0.15, 0.2) is 0 Å². The first-order chi connectivity index (χ1) is 13.7. The molecule has 1 heterocycles. The second kappa shape index (κ2) is 8.70. The molecule has 1 aliphatic carbocycles. The van der Waals surface area contributed by atoms with Crippen molar-refractivity contribution in [3.63, 3.8) is 0 Å². The maximum Gasteiger partial charge on any atom is 0.343 e. The SMILES string of the molecule is O=c1oc(-c2ccccc2)c(CSc2ccccc2)c(O)c1C1CCCCC1. The van der Waals surface area contributed by atoms with Crippen molar-refractivity contribution in [2.75, 3.05) is 0 Å². The van der Waals surface area contributed by atoms with Crippen LogP contribution in [-0.4, -0.2) is 5.11 Å². The van der Waals surface area contributed by atoms with E-state index in [2.05, 4.69) is 0 Å². The van der Waals surface area contributed by atoms with Gasteiger partial charge in [-0.05, 0) is 30.9 Å². The van der Waals surface area contributed by atoms with Crippen molar-refractivity contribution in [1.29, 1.82) is 0 Å². The highest BCUT2D eigenvalue weighted by Gasteiger charge is 2.27.